The summed E-state index contributed by atoms with van der Waals surface area (Å²) in [5, 5.41) is 12.7. The van der Waals surface area contributed by atoms with Crippen LogP contribution < -0.4 is 10.9 Å². The highest BCUT2D eigenvalue weighted by molar-refractivity contribution is 7.25. The van der Waals surface area contributed by atoms with E-state index < -0.39 is 0 Å². The number of thiophene rings is 1. The molecule has 0 aromatic carbocycles. The molecule has 0 fully saturated rings. The Labute approximate surface area is 152 Å². The van der Waals surface area contributed by atoms with Gasteiger partial charge in [0, 0.05) is 18.1 Å². The lowest BCUT2D eigenvalue weighted by Crippen LogP contribution is -2.18. The van der Waals surface area contributed by atoms with E-state index in [9.17, 15) is 4.79 Å². The van der Waals surface area contributed by atoms with E-state index in [0.717, 1.165) is 0 Å². The summed E-state index contributed by atoms with van der Waals surface area (Å²) in [6, 6.07) is 0. The highest BCUT2D eigenvalue weighted by Crippen LogP contribution is 2.32. The Hall–Kier alpha value is -2.29. The van der Waals surface area contributed by atoms with Gasteiger partial charge in [-0.3, -0.25) is 9.36 Å². The van der Waals surface area contributed by atoms with Crippen molar-refractivity contribution in [1.82, 2.24) is 19.5 Å². The van der Waals surface area contributed by atoms with Crippen molar-refractivity contribution < 1.29 is 5.11 Å². The van der Waals surface area contributed by atoms with Crippen LogP contribution in [0.4, 0.5) is 5.82 Å². The highest BCUT2D eigenvalue weighted by Gasteiger charge is 2.16. The van der Waals surface area contributed by atoms with E-state index in [1.807, 2.05) is 13.0 Å². The largest absolute Gasteiger partial charge is 0.395 e. The second kappa shape index (κ2) is 7.73. The van der Waals surface area contributed by atoms with Crippen LogP contribution in [-0.4, -0.2) is 43.7 Å². The molecule has 0 radical (unpaired) electrons. The second-order valence-electron chi connectivity index (χ2n) is 5.02. The molecule has 0 aliphatic carbocycles. The minimum absolute atomic E-state index is 0.0225. The molecule has 2 N–H and O–H groups in total. The molecule has 9 heteroatoms. The number of hydrogen-bond donors (Lipinski definition) is 2. The van der Waals surface area contributed by atoms with Crippen LogP contribution in [0.25, 0.3) is 26.1 Å². The van der Waals surface area contributed by atoms with Gasteiger partial charge in [0.1, 0.15) is 33.5 Å². The third-order valence-corrected chi connectivity index (χ3v) is 4.79. The number of allylic oxidation sites excluding steroid dienone is 4. The van der Waals surface area contributed by atoms with Gasteiger partial charge in [0.2, 0.25) is 0 Å². The van der Waals surface area contributed by atoms with E-state index >= 15 is 0 Å². The Morgan fingerprint density at radius 3 is 3.00 bits per heavy atom. The van der Waals surface area contributed by atoms with Crippen LogP contribution in [0.3, 0.4) is 0 Å². The van der Waals surface area contributed by atoms with Crippen molar-refractivity contribution in [2.24, 2.45) is 0 Å². The van der Waals surface area contributed by atoms with Crippen LogP contribution in [0.2, 0.25) is 0 Å². The lowest BCUT2D eigenvalue weighted by Gasteiger charge is -2.06. The normalized spacial score (nSPS) is 12.5. The van der Waals surface area contributed by atoms with Crippen LogP contribution in [0, 0.1) is 0 Å². The molecule has 7 nitrogen and oxygen atoms in total. The Balaban J connectivity index is 2.22. The molecular formula is C16H16ClN5O2S. The third kappa shape index (κ3) is 3.28. The summed E-state index contributed by atoms with van der Waals surface area (Å²) in [6.07, 6.45) is 8.29. The van der Waals surface area contributed by atoms with Gasteiger partial charge < -0.3 is 10.4 Å². The Morgan fingerprint density at radius 1 is 1.44 bits per heavy atom. The number of aliphatic hydroxyl groups is 1. The van der Waals surface area contributed by atoms with Crippen LogP contribution >= 0.6 is 22.9 Å². The predicted octanol–water partition coefficient (Wildman–Crippen LogP) is 2.46. The van der Waals surface area contributed by atoms with Gasteiger partial charge in [-0.1, -0.05) is 12.2 Å². The maximum absolute atomic E-state index is 12.9. The van der Waals surface area contributed by atoms with Crippen molar-refractivity contribution in [1.29, 1.82) is 0 Å². The van der Waals surface area contributed by atoms with Gasteiger partial charge in [0.25, 0.3) is 5.56 Å². The average molecular weight is 378 g/mol. The van der Waals surface area contributed by atoms with E-state index in [4.69, 9.17) is 16.7 Å². The monoisotopic (exact) mass is 377 g/mol. The number of nitrogens with one attached hydrogen (secondary N) is 1. The standard InChI is InChI=1S/C16H16ClN5O2S/c1-2-10(4-3-5-17)22-9-21-12-11-14(18-6-7-23)19-8-20-15(11)25-13(12)16(22)24/h2-4,8-9,23H,5-7H2,1H3,(H,18,19,20)/b4-3-,10-2+. The lowest BCUT2D eigenvalue weighted by atomic mass is 10.3. The zero-order chi connectivity index (χ0) is 17.8. The van der Waals surface area contributed by atoms with Gasteiger partial charge in [-0.15, -0.1) is 22.9 Å². The topological polar surface area (TPSA) is 92.9 Å². The molecule has 0 spiro atoms. The van der Waals surface area contributed by atoms with E-state index in [0.29, 0.717) is 44.4 Å². The number of halogens is 1. The van der Waals surface area contributed by atoms with Gasteiger partial charge >= 0.3 is 0 Å². The fourth-order valence-electron chi connectivity index (χ4n) is 2.44. The van der Waals surface area contributed by atoms with Crippen LogP contribution in [-0.2, 0) is 0 Å². The van der Waals surface area contributed by atoms with Crippen molar-refractivity contribution in [2.75, 3.05) is 24.3 Å². The first-order valence-corrected chi connectivity index (χ1v) is 8.95. The quantitative estimate of drug-likeness (QED) is 0.506. The maximum Gasteiger partial charge on any atom is 0.275 e. The smallest absolute Gasteiger partial charge is 0.275 e. The van der Waals surface area contributed by atoms with Crippen molar-refractivity contribution >= 4 is 54.9 Å². The molecule has 0 atom stereocenters. The number of rotatable bonds is 6. The number of anilines is 1. The van der Waals surface area contributed by atoms with E-state index in [1.54, 1.807) is 12.2 Å². The van der Waals surface area contributed by atoms with Crippen LogP contribution in [0.15, 0.2) is 35.7 Å². The summed E-state index contributed by atoms with van der Waals surface area (Å²) in [4.78, 5) is 26.5. The number of alkyl halides is 1. The molecule has 3 aromatic rings. The lowest BCUT2D eigenvalue weighted by molar-refractivity contribution is 0.311. The van der Waals surface area contributed by atoms with Gasteiger partial charge in [0.15, 0.2) is 0 Å². The number of nitrogens with zero attached hydrogens (tertiary/aromatic N) is 4. The molecule has 0 unspecified atom stereocenters. The first-order valence-electron chi connectivity index (χ1n) is 7.60. The predicted molar refractivity (Wildman–Crippen MR) is 102 cm³/mol. The zero-order valence-corrected chi connectivity index (χ0v) is 15.0. The maximum atomic E-state index is 12.9. The van der Waals surface area contributed by atoms with Crippen molar-refractivity contribution in [3.8, 4) is 0 Å². The minimum Gasteiger partial charge on any atom is -0.395 e. The van der Waals surface area contributed by atoms with Gasteiger partial charge in [-0.25, -0.2) is 15.0 Å². The molecule has 0 bridgehead atoms. The van der Waals surface area contributed by atoms with Crippen molar-refractivity contribution in [3.63, 3.8) is 0 Å². The Bertz CT molecular complexity index is 1020. The minimum atomic E-state index is -0.173. The molecular weight excluding hydrogens is 362 g/mol. The van der Waals surface area contributed by atoms with Crippen LogP contribution in [0.1, 0.15) is 6.92 Å². The van der Waals surface area contributed by atoms with Crippen molar-refractivity contribution in [2.45, 2.75) is 6.92 Å². The molecule has 0 saturated carbocycles. The molecule has 130 valence electrons. The van der Waals surface area contributed by atoms with E-state index in [-0.39, 0.29) is 12.2 Å². The van der Waals surface area contributed by atoms with E-state index in [1.165, 1.54) is 28.6 Å². The second-order valence-corrected chi connectivity index (χ2v) is 6.33. The number of fused-ring (bicyclic) bond motifs is 3. The van der Waals surface area contributed by atoms with E-state index in [2.05, 4.69) is 20.3 Å². The average Bonchev–Trinajstić information content (AvgIpc) is 3.02. The summed E-state index contributed by atoms with van der Waals surface area (Å²) >= 11 is 6.96. The molecule has 0 amide bonds. The summed E-state index contributed by atoms with van der Waals surface area (Å²) in [5.41, 5.74) is 1.08. The van der Waals surface area contributed by atoms with Crippen LogP contribution in [0.5, 0.6) is 0 Å². The molecule has 0 saturated heterocycles. The fraction of sp³-hybridized carbons (Fsp3) is 0.250. The molecule has 3 rings (SSSR count). The number of hydrogen-bond acceptors (Lipinski definition) is 7. The Kier molecular flexibility index (Phi) is 5.42. The zero-order valence-electron chi connectivity index (χ0n) is 13.4. The highest BCUT2D eigenvalue weighted by atomic mass is 35.5. The molecule has 25 heavy (non-hydrogen) atoms. The first kappa shape index (κ1) is 17.5. The Morgan fingerprint density at radius 2 is 2.28 bits per heavy atom. The van der Waals surface area contributed by atoms with Gasteiger partial charge in [0.05, 0.1) is 12.0 Å². The fourth-order valence-corrected chi connectivity index (χ4v) is 3.55. The summed E-state index contributed by atoms with van der Waals surface area (Å²) in [6.45, 7) is 2.18. The molecule has 3 heterocycles. The summed E-state index contributed by atoms with van der Waals surface area (Å²) in [5.74, 6) is 0.920. The first-order chi connectivity index (χ1) is 12.2. The SMILES string of the molecule is C/C=C(\C=C/CCl)n1cnc2c(sc3ncnc(NCCO)c32)c1=O. The molecule has 0 aliphatic rings. The van der Waals surface area contributed by atoms with Gasteiger partial charge in [-0.2, -0.15) is 0 Å². The molecule has 3 aromatic heterocycles. The van der Waals surface area contributed by atoms with Crippen molar-refractivity contribution in [3.05, 3.63) is 41.2 Å². The summed E-state index contributed by atoms with van der Waals surface area (Å²) < 4.78 is 1.98. The van der Waals surface area contributed by atoms with Gasteiger partial charge in [-0.05, 0) is 13.0 Å². The summed E-state index contributed by atoms with van der Waals surface area (Å²) in [7, 11) is 0. The third-order valence-electron chi connectivity index (χ3n) is 3.53. The molecule has 0 aliphatic heterocycles. The number of aliphatic hydroxyl groups excluding tert-OH is 1. The number of aromatic nitrogens is 4.